The molecule has 2 aromatic rings. The monoisotopic (exact) mass is 250 g/mol. The van der Waals surface area contributed by atoms with Gasteiger partial charge in [0.1, 0.15) is 17.4 Å². The summed E-state index contributed by atoms with van der Waals surface area (Å²) in [6, 6.07) is 6.16. The van der Waals surface area contributed by atoms with Crippen LogP contribution in [0.4, 0.5) is 8.78 Å². The Bertz CT molecular complexity index is 603. The average Bonchev–Trinajstić information content (AvgIpc) is 2.27. The minimum absolute atomic E-state index is 0.0114. The molecule has 0 atom stereocenters. The van der Waals surface area contributed by atoms with Crippen LogP contribution in [0, 0.1) is 11.6 Å². The lowest BCUT2D eigenvalue weighted by Crippen LogP contribution is -2.00. The second kappa shape index (κ2) is 4.44. The maximum atomic E-state index is 13.1. The Morgan fingerprint density at radius 1 is 1.00 bits per heavy atom. The molecule has 0 saturated heterocycles. The topological polar surface area (TPSA) is 57.5 Å². The highest BCUT2D eigenvalue weighted by Crippen LogP contribution is 2.28. The summed E-state index contributed by atoms with van der Waals surface area (Å²) >= 11 is 0. The van der Waals surface area contributed by atoms with E-state index in [1.807, 2.05) is 0 Å². The van der Waals surface area contributed by atoms with Crippen LogP contribution in [0.3, 0.4) is 0 Å². The Balaban J connectivity index is 2.68. The Morgan fingerprint density at radius 2 is 1.72 bits per heavy atom. The highest BCUT2D eigenvalue weighted by molar-refractivity contribution is 5.96. The molecule has 2 N–H and O–H groups in total. The smallest absolute Gasteiger partial charge is 0.336 e. The first-order valence-corrected chi connectivity index (χ1v) is 5.00. The maximum Gasteiger partial charge on any atom is 0.336 e. The lowest BCUT2D eigenvalue weighted by atomic mass is 9.99. The summed E-state index contributed by atoms with van der Waals surface area (Å²) in [6.45, 7) is 0. The van der Waals surface area contributed by atoms with Crippen LogP contribution in [0.25, 0.3) is 11.1 Å². The fourth-order valence-electron chi connectivity index (χ4n) is 1.67. The quantitative estimate of drug-likeness (QED) is 0.861. The molecular weight excluding hydrogens is 242 g/mol. The number of aromatic carboxylic acids is 1. The van der Waals surface area contributed by atoms with Crippen molar-refractivity contribution in [2.24, 2.45) is 0 Å². The largest absolute Gasteiger partial charge is 0.508 e. The van der Waals surface area contributed by atoms with E-state index in [9.17, 15) is 18.7 Å². The van der Waals surface area contributed by atoms with Crippen LogP contribution in [-0.2, 0) is 0 Å². The predicted molar refractivity (Wildman–Crippen MR) is 60.4 cm³/mol. The number of rotatable bonds is 2. The normalized spacial score (nSPS) is 10.3. The van der Waals surface area contributed by atoms with Gasteiger partial charge in [0, 0.05) is 6.07 Å². The van der Waals surface area contributed by atoms with Gasteiger partial charge in [-0.1, -0.05) is 0 Å². The van der Waals surface area contributed by atoms with Crippen molar-refractivity contribution < 1.29 is 23.8 Å². The molecule has 0 aliphatic heterocycles. The van der Waals surface area contributed by atoms with Crippen LogP contribution in [0.5, 0.6) is 5.75 Å². The number of hydrogen-bond donors (Lipinski definition) is 2. The fraction of sp³-hybridized carbons (Fsp3) is 0. The van der Waals surface area contributed by atoms with Crippen LogP contribution in [0.1, 0.15) is 10.4 Å². The second-order valence-electron chi connectivity index (χ2n) is 3.69. The maximum absolute atomic E-state index is 13.1. The number of carbonyl (C=O) groups is 1. The minimum atomic E-state index is -1.26. The van der Waals surface area contributed by atoms with E-state index in [0.29, 0.717) is 0 Å². The van der Waals surface area contributed by atoms with E-state index >= 15 is 0 Å². The molecule has 0 spiro atoms. The van der Waals surface area contributed by atoms with Gasteiger partial charge in [0.2, 0.25) is 0 Å². The van der Waals surface area contributed by atoms with Crippen LogP contribution in [0.2, 0.25) is 0 Å². The molecule has 0 heterocycles. The van der Waals surface area contributed by atoms with Crippen LogP contribution >= 0.6 is 0 Å². The molecule has 0 saturated carbocycles. The first kappa shape index (κ1) is 12.0. The molecule has 0 aliphatic rings. The van der Waals surface area contributed by atoms with Crippen LogP contribution < -0.4 is 0 Å². The summed E-state index contributed by atoms with van der Waals surface area (Å²) in [5.74, 6) is -2.98. The third kappa shape index (κ3) is 2.29. The van der Waals surface area contributed by atoms with Gasteiger partial charge >= 0.3 is 5.97 Å². The average molecular weight is 250 g/mol. The molecule has 2 rings (SSSR count). The number of benzene rings is 2. The minimum Gasteiger partial charge on any atom is -0.508 e. The van der Waals surface area contributed by atoms with Gasteiger partial charge < -0.3 is 10.2 Å². The van der Waals surface area contributed by atoms with Gasteiger partial charge in [-0.3, -0.25) is 0 Å². The van der Waals surface area contributed by atoms with Gasteiger partial charge in [-0.05, 0) is 41.5 Å². The molecule has 0 amide bonds. The summed E-state index contributed by atoms with van der Waals surface area (Å²) in [5, 5.41) is 18.3. The Kier molecular flexibility index (Phi) is 2.97. The number of halogens is 2. The van der Waals surface area contributed by atoms with Gasteiger partial charge in [-0.2, -0.15) is 0 Å². The van der Waals surface area contributed by atoms with Gasteiger partial charge in [0.05, 0.1) is 5.56 Å². The zero-order valence-corrected chi connectivity index (χ0v) is 9.02. The highest BCUT2D eigenvalue weighted by Gasteiger charge is 2.14. The number of aromatic hydroxyl groups is 1. The Morgan fingerprint density at radius 3 is 2.33 bits per heavy atom. The summed E-state index contributed by atoms with van der Waals surface area (Å²) < 4.78 is 26.3. The molecule has 0 unspecified atom stereocenters. The summed E-state index contributed by atoms with van der Waals surface area (Å²) in [6.07, 6.45) is 0. The number of carboxylic acids is 1. The van der Waals surface area contributed by atoms with Gasteiger partial charge in [-0.15, -0.1) is 0 Å². The van der Waals surface area contributed by atoms with E-state index in [-0.39, 0.29) is 22.4 Å². The zero-order chi connectivity index (χ0) is 13.3. The van der Waals surface area contributed by atoms with Crippen molar-refractivity contribution in [3.05, 3.63) is 53.6 Å². The lowest BCUT2D eigenvalue weighted by Gasteiger charge is -2.07. The molecule has 5 heteroatoms. The predicted octanol–water partition coefficient (Wildman–Crippen LogP) is 3.04. The van der Waals surface area contributed by atoms with Crippen LogP contribution in [0.15, 0.2) is 36.4 Å². The molecule has 18 heavy (non-hydrogen) atoms. The summed E-state index contributed by atoms with van der Waals surface area (Å²) in [4.78, 5) is 11.0. The van der Waals surface area contributed by atoms with Crippen molar-refractivity contribution in [1.82, 2.24) is 0 Å². The molecule has 0 fully saturated rings. The first-order valence-electron chi connectivity index (χ1n) is 5.00. The number of carboxylic acid groups (broad SMARTS) is 1. The van der Waals surface area contributed by atoms with E-state index in [1.54, 1.807) is 0 Å². The Labute approximate surface area is 101 Å². The molecule has 2 aromatic carbocycles. The van der Waals surface area contributed by atoms with Gasteiger partial charge in [0.25, 0.3) is 0 Å². The first-order chi connectivity index (χ1) is 8.47. The van der Waals surface area contributed by atoms with Crippen molar-refractivity contribution >= 4 is 5.97 Å². The van der Waals surface area contributed by atoms with E-state index in [4.69, 9.17) is 5.11 Å². The molecule has 0 aliphatic carbocycles. The third-order valence-electron chi connectivity index (χ3n) is 2.41. The van der Waals surface area contributed by atoms with Crippen molar-refractivity contribution in [1.29, 1.82) is 0 Å². The zero-order valence-electron chi connectivity index (χ0n) is 9.02. The molecule has 0 radical (unpaired) electrons. The standard InChI is InChI=1S/C13H8F2O3/c14-8-1-2-11(13(17)18)12(6-8)7-3-9(15)5-10(16)4-7/h1-6,16H,(H,17,18). The summed E-state index contributed by atoms with van der Waals surface area (Å²) in [5.41, 5.74) is -0.0527. The third-order valence-corrected chi connectivity index (χ3v) is 2.41. The number of hydrogen-bond acceptors (Lipinski definition) is 2. The molecule has 0 aromatic heterocycles. The van der Waals surface area contributed by atoms with E-state index in [0.717, 1.165) is 30.3 Å². The van der Waals surface area contributed by atoms with Crippen LogP contribution in [-0.4, -0.2) is 16.2 Å². The van der Waals surface area contributed by atoms with E-state index in [2.05, 4.69) is 0 Å². The second-order valence-corrected chi connectivity index (χ2v) is 3.69. The van der Waals surface area contributed by atoms with Gasteiger partial charge in [-0.25, -0.2) is 13.6 Å². The van der Waals surface area contributed by atoms with Gasteiger partial charge in [0.15, 0.2) is 0 Å². The molecule has 0 bridgehead atoms. The van der Waals surface area contributed by atoms with Crippen molar-refractivity contribution in [2.45, 2.75) is 0 Å². The molecule has 92 valence electrons. The highest BCUT2D eigenvalue weighted by atomic mass is 19.1. The number of phenolic OH excluding ortho intramolecular Hbond substituents is 1. The fourth-order valence-corrected chi connectivity index (χ4v) is 1.67. The van der Waals surface area contributed by atoms with Crippen molar-refractivity contribution in [3.63, 3.8) is 0 Å². The lowest BCUT2D eigenvalue weighted by molar-refractivity contribution is 0.0697. The summed E-state index contributed by atoms with van der Waals surface area (Å²) in [7, 11) is 0. The SMILES string of the molecule is O=C(O)c1ccc(F)cc1-c1cc(O)cc(F)c1. The van der Waals surface area contributed by atoms with Crippen molar-refractivity contribution in [2.75, 3.05) is 0 Å². The Hall–Kier alpha value is -2.43. The number of phenols is 1. The molecular formula is C13H8F2O3. The van der Waals surface area contributed by atoms with E-state index < -0.39 is 17.6 Å². The van der Waals surface area contributed by atoms with Crippen molar-refractivity contribution in [3.8, 4) is 16.9 Å². The van der Waals surface area contributed by atoms with E-state index in [1.165, 1.54) is 6.07 Å². The molecule has 3 nitrogen and oxygen atoms in total.